The Balaban J connectivity index is 1.56. The summed E-state index contributed by atoms with van der Waals surface area (Å²) in [5.41, 5.74) is 7.24. The molecule has 1 atom stereocenters. The monoisotopic (exact) mass is 244 g/mol. The summed E-state index contributed by atoms with van der Waals surface area (Å²) < 4.78 is 0. The lowest BCUT2D eigenvalue weighted by Gasteiger charge is -2.22. The number of rotatable bonds is 7. The highest BCUT2D eigenvalue weighted by Gasteiger charge is 2.41. The Morgan fingerprint density at radius 3 is 2.17 bits per heavy atom. The van der Waals surface area contributed by atoms with Crippen LogP contribution in [0, 0.1) is 17.8 Å². The van der Waals surface area contributed by atoms with Crippen molar-refractivity contribution in [2.45, 2.75) is 31.7 Å². The molecule has 0 bridgehead atoms. The van der Waals surface area contributed by atoms with Crippen molar-refractivity contribution in [2.75, 3.05) is 13.1 Å². The molecule has 0 amide bonds. The van der Waals surface area contributed by atoms with Gasteiger partial charge in [0.2, 0.25) is 0 Å². The molecule has 0 spiro atoms. The van der Waals surface area contributed by atoms with Gasteiger partial charge < -0.3 is 11.1 Å². The predicted molar refractivity (Wildman–Crippen MR) is 75.2 cm³/mol. The van der Waals surface area contributed by atoms with Crippen LogP contribution in [0.3, 0.4) is 0 Å². The Labute approximate surface area is 110 Å². The van der Waals surface area contributed by atoms with E-state index in [1.54, 1.807) is 0 Å². The maximum Gasteiger partial charge on any atom is 0.0444 e. The molecule has 3 rings (SSSR count). The van der Waals surface area contributed by atoms with Crippen LogP contribution in [-0.2, 0) is 0 Å². The fourth-order valence-electron chi connectivity index (χ4n) is 3.07. The van der Waals surface area contributed by atoms with E-state index < -0.39 is 0 Å². The molecule has 2 aliphatic carbocycles. The van der Waals surface area contributed by atoms with Gasteiger partial charge in [-0.15, -0.1) is 0 Å². The van der Waals surface area contributed by atoms with E-state index in [2.05, 4.69) is 35.6 Å². The van der Waals surface area contributed by atoms with Crippen LogP contribution < -0.4 is 11.1 Å². The topological polar surface area (TPSA) is 38.0 Å². The van der Waals surface area contributed by atoms with Gasteiger partial charge in [-0.1, -0.05) is 30.3 Å². The molecule has 1 aromatic rings. The molecule has 0 aliphatic heterocycles. The zero-order valence-corrected chi connectivity index (χ0v) is 11.0. The van der Waals surface area contributed by atoms with Crippen LogP contribution in [0.15, 0.2) is 30.3 Å². The molecule has 2 nitrogen and oxygen atoms in total. The molecule has 1 aromatic carbocycles. The average Bonchev–Trinajstić information content (AvgIpc) is 3.29. The van der Waals surface area contributed by atoms with Gasteiger partial charge in [0, 0.05) is 12.6 Å². The fraction of sp³-hybridized carbons (Fsp3) is 0.625. The molecule has 3 N–H and O–H groups in total. The predicted octanol–water partition coefficient (Wildman–Crippen LogP) is 2.71. The molecular weight excluding hydrogens is 220 g/mol. The SMILES string of the molecule is NCC(NCC(C1CC1)C1CC1)c1ccccc1. The molecule has 0 aromatic heterocycles. The Kier molecular flexibility index (Phi) is 3.67. The van der Waals surface area contributed by atoms with Crippen molar-refractivity contribution < 1.29 is 0 Å². The Hall–Kier alpha value is -0.860. The first-order chi connectivity index (χ1) is 8.88. The quantitative estimate of drug-likeness (QED) is 0.774. The third kappa shape index (κ3) is 2.93. The van der Waals surface area contributed by atoms with Crippen molar-refractivity contribution in [1.29, 1.82) is 0 Å². The van der Waals surface area contributed by atoms with Gasteiger partial charge in [0.25, 0.3) is 0 Å². The summed E-state index contributed by atoms with van der Waals surface area (Å²) in [6.45, 7) is 1.85. The van der Waals surface area contributed by atoms with Gasteiger partial charge in [0.1, 0.15) is 0 Å². The summed E-state index contributed by atoms with van der Waals surface area (Å²) in [4.78, 5) is 0. The van der Waals surface area contributed by atoms with Gasteiger partial charge in [-0.05, 0) is 55.5 Å². The van der Waals surface area contributed by atoms with Gasteiger partial charge in [-0.3, -0.25) is 0 Å². The van der Waals surface area contributed by atoms with E-state index in [0.717, 1.165) is 24.3 Å². The second kappa shape index (κ2) is 5.41. The van der Waals surface area contributed by atoms with Crippen LogP contribution in [0.25, 0.3) is 0 Å². The molecule has 2 heteroatoms. The molecule has 18 heavy (non-hydrogen) atoms. The summed E-state index contributed by atoms with van der Waals surface area (Å²) in [7, 11) is 0. The molecule has 98 valence electrons. The van der Waals surface area contributed by atoms with Gasteiger partial charge in [-0.25, -0.2) is 0 Å². The number of hydrogen-bond acceptors (Lipinski definition) is 2. The number of hydrogen-bond donors (Lipinski definition) is 2. The summed E-state index contributed by atoms with van der Waals surface area (Å²) in [6.07, 6.45) is 5.84. The molecule has 0 saturated heterocycles. The lowest BCUT2D eigenvalue weighted by molar-refractivity contribution is 0.357. The molecular formula is C16H24N2. The lowest BCUT2D eigenvalue weighted by atomic mass is 9.97. The average molecular weight is 244 g/mol. The second-order valence-electron chi connectivity index (χ2n) is 5.95. The smallest absolute Gasteiger partial charge is 0.0444 e. The molecule has 1 unspecified atom stereocenters. The zero-order valence-electron chi connectivity index (χ0n) is 11.0. The third-order valence-electron chi connectivity index (χ3n) is 4.49. The molecule has 2 saturated carbocycles. The highest BCUT2D eigenvalue weighted by atomic mass is 14.9. The summed E-state index contributed by atoms with van der Waals surface area (Å²) >= 11 is 0. The highest BCUT2D eigenvalue weighted by molar-refractivity contribution is 5.19. The Morgan fingerprint density at radius 2 is 1.67 bits per heavy atom. The van der Waals surface area contributed by atoms with Crippen LogP contribution in [0.2, 0.25) is 0 Å². The molecule has 0 radical (unpaired) electrons. The van der Waals surface area contributed by atoms with E-state index in [0.29, 0.717) is 12.6 Å². The van der Waals surface area contributed by atoms with Crippen LogP contribution in [0.5, 0.6) is 0 Å². The van der Waals surface area contributed by atoms with E-state index in [4.69, 9.17) is 5.73 Å². The normalized spacial score (nSPS) is 21.2. The van der Waals surface area contributed by atoms with Crippen molar-refractivity contribution in [3.63, 3.8) is 0 Å². The number of nitrogens with two attached hydrogens (primary N) is 1. The van der Waals surface area contributed by atoms with Crippen molar-refractivity contribution in [2.24, 2.45) is 23.5 Å². The first kappa shape index (κ1) is 12.2. The van der Waals surface area contributed by atoms with E-state index in [9.17, 15) is 0 Å². The Morgan fingerprint density at radius 1 is 1.06 bits per heavy atom. The van der Waals surface area contributed by atoms with E-state index in [1.807, 2.05) is 0 Å². The van der Waals surface area contributed by atoms with E-state index in [-0.39, 0.29) is 0 Å². The largest absolute Gasteiger partial charge is 0.329 e. The first-order valence-electron chi connectivity index (χ1n) is 7.37. The summed E-state index contributed by atoms with van der Waals surface area (Å²) in [5.74, 6) is 2.95. The maximum absolute atomic E-state index is 5.91. The number of benzene rings is 1. The summed E-state index contributed by atoms with van der Waals surface area (Å²) in [5, 5.41) is 3.70. The van der Waals surface area contributed by atoms with Crippen molar-refractivity contribution in [3.8, 4) is 0 Å². The van der Waals surface area contributed by atoms with Crippen LogP contribution >= 0.6 is 0 Å². The standard InChI is InChI=1S/C16H24N2/c17-10-16(14-4-2-1-3-5-14)18-11-15(12-6-7-12)13-8-9-13/h1-5,12-13,15-16,18H,6-11,17H2. The Bertz CT molecular complexity index is 356. The minimum Gasteiger partial charge on any atom is -0.329 e. The van der Waals surface area contributed by atoms with Crippen molar-refractivity contribution in [1.82, 2.24) is 5.32 Å². The second-order valence-corrected chi connectivity index (χ2v) is 5.95. The number of nitrogens with one attached hydrogen (secondary N) is 1. The van der Waals surface area contributed by atoms with Gasteiger partial charge >= 0.3 is 0 Å². The maximum atomic E-state index is 5.91. The first-order valence-corrected chi connectivity index (χ1v) is 7.37. The third-order valence-corrected chi connectivity index (χ3v) is 4.49. The van der Waals surface area contributed by atoms with E-state index >= 15 is 0 Å². The minimum atomic E-state index is 0.325. The van der Waals surface area contributed by atoms with E-state index in [1.165, 1.54) is 31.2 Å². The fourth-order valence-corrected chi connectivity index (χ4v) is 3.07. The molecule has 2 fully saturated rings. The lowest BCUT2D eigenvalue weighted by Crippen LogP contribution is -2.33. The highest BCUT2D eigenvalue weighted by Crippen LogP contribution is 2.48. The van der Waals surface area contributed by atoms with Crippen LogP contribution in [0.4, 0.5) is 0 Å². The summed E-state index contributed by atoms with van der Waals surface area (Å²) in [6, 6.07) is 10.9. The van der Waals surface area contributed by atoms with Crippen LogP contribution in [0.1, 0.15) is 37.3 Å². The minimum absolute atomic E-state index is 0.325. The zero-order chi connectivity index (χ0) is 12.4. The van der Waals surface area contributed by atoms with Crippen molar-refractivity contribution in [3.05, 3.63) is 35.9 Å². The van der Waals surface area contributed by atoms with Crippen LogP contribution in [-0.4, -0.2) is 13.1 Å². The van der Waals surface area contributed by atoms with Gasteiger partial charge in [0.15, 0.2) is 0 Å². The van der Waals surface area contributed by atoms with Gasteiger partial charge in [0.05, 0.1) is 0 Å². The molecule has 2 aliphatic rings. The van der Waals surface area contributed by atoms with Crippen molar-refractivity contribution >= 4 is 0 Å². The van der Waals surface area contributed by atoms with Gasteiger partial charge in [-0.2, -0.15) is 0 Å². The molecule has 0 heterocycles.